The predicted octanol–water partition coefficient (Wildman–Crippen LogP) is 1.24. The van der Waals surface area contributed by atoms with Crippen LogP contribution >= 0.6 is 0 Å². The van der Waals surface area contributed by atoms with E-state index in [9.17, 15) is 18.7 Å². The molecule has 0 spiro atoms. The summed E-state index contributed by atoms with van der Waals surface area (Å²) in [6.45, 7) is 0.898. The molecule has 1 fully saturated rings. The van der Waals surface area contributed by atoms with Gasteiger partial charge < -0.3 is 15.2 Å². The molecule has 0 unspecified atom stereocenters. The Hall–Kier alpha value is -1.53. The van der Waals surface area contributed by atoms with Crippen molar-refractivity contribution in [2.75, 3.05) is 19.8 Å². The van der Waals surface area contributed by atoms with Crippen molar-refractivity contribution in [1.29, 1.82) is 0 Å². The third kappa shape index (κ3) is 3.71. The quantitative estimate of drug-likeness (QED) is 0.869. The number of hydrogen-bond acceptors (Lipinski definition) is 3. The molecule has 1 aliphatic rings. The highest BCUT2D eigenvalue weighted by Crippen LogP contribution is 2.19. The molecule has 1 aromatic rings. The minimum atomic E-state index is -1.01. The highest BCUT2D eigenvalue weighted by molar-refractivity contribution is 5.94. The van der Waals surface area contributed by atoms with Crippen molar-refractivity contribution in [3.8, 4) is 0 Å². The largest absolute Gasteiger partial charge is 0.388 e. The first-order valence-corrected chi connectivity index (χ1v) is 6.03. The van der Waals surface area contributed by atoms with Crippen LogP contribution in [0.4, 0.5) is 8.78 Å². The van der Waals surface area contributed by atoms with Crippen LogP contribution in [0.1, 0.15) is 23.2 Å². The first-order chi connectivity index (χ1) is 8.98. The van der Waals surface area contributed by atoms with Crippen LogP contribution in [-0.2, 0) is 4.74 Å². The Kier molecular flexibility index (Phi) is 4.11. The molecule has 0 atom stereocenters. The lowest BCUT2D eigenvalue weighted by molar-refractivity contribution is -0.0605. The van der Waals surface area contributed by atoms with Crippen LogP contribution in [0.25, 0.3) is 0 Å². The second-order valence-corrected chi connectivity index (χ2v) is 4.68. The summed E-state index contributed by atoms with van der Waals surface area (Å²) < 4.78 is 31.1. The van der Waals surface area contributed by atoms with Gasteiger partial charge in [-0.15, -0.1) is 0 Å². The standard InChI is InChI=1S/C13H15F2NO3/c14-10-5-9(6-11(15)7-10)12(17)16-8-13(18)1-3-19-4-2-13/h5-7,18H,1-4,8H2,(H,16,17). The Morgan fingerprint density at radius 3 is 2.42 bits per heavy atom. The van der Waals surface area contributed by atoms with Crippen molar-refractivity contribution in [2.45, 2.75) is 18.4 Å². The molecule has 0 bridgehead atoms. The minimum absolute atomic E-state index is 0.0350. The maximum Gasteiger partial charge on any atom is 0.251 e. The van der Waals surface area contributed by atoms with E-state index in [1.165, 1.54) is 0 Å². The van der Waals surface area contributed by atoms with Crippen molar-refractivity contribution in [3.63, 3.8) is 0 Å². The van der Waals surface area contributed by atoms with Gasteiger partial charge in [-0.05, 0) is 12.1 Å². The van der Waals surface area contributed by atoms with Gasteiger partial charge in [0.05, 0.1) is 5.60 Å². The van der Waals surface area contributed by atoms with Crippen molar-refractivity contribution < 1.29 is 23.4 Å². The summed E-state index contributed by atoms with van der Waals surface area (Å²) >= 11 is 0. The molecule has 4 nitrogen and oxygen atoms in total. The summed E-state index contributed by atoms with van der Waals surface area (Å²) in [5.74, 6) is -2.23. The van der Waals surface area contributed by atoms with Crippen LogP contribution in [0.15, 0.2) is 18.2 Å². The molecule has 1 aromatic carbocycles. The molecule has 0 aromatic heterocycles. The van der Waals surface area contributed by atoms with E-state index in [2.05, 4.69) is 5.32 Å². The van der Waals surface area contributed by atoms with Gasteiger partial charge in [0.2, 0.25) is 0 Å². The zero-order valence-corrected chi connectivity index (χ0v) is 10.3. The Morgan fingerprint density at radius 2 is 1.84 bits per heavy atom. The lowest BCUT2D eigenvalue weighted by atomic mass is 9.94. The molecule has 0 radical (unpaired) electrons. The van der Waals surface area contributed by atoms with Crippen LogP contribution < -0.4 is 5.32 Å². The molecule has 104 valence electrons. The van der Waals surface area contributed by atoms with Crippen LogP contribution in [0.2, 0.25) is 0 Å². The molecule has 19 heavy (non-hydrogen) atoms. The maximum atomic E-state index is 13.0. The number of carbonyl (C=O) groups is 1. The fourth-order valence-corrected chi connectivity index (χ4v) is 1.96. The molecule has 1 aliphatic heterocycles. The van der Waals surface area contributed by atoms with Crippen LogP contribution in [0.5, 0.6) is 0 Å². The number of aliphatic hydroxyl groups is 1. The van der Waals surface area contributed by atoms with E-state index < -0.39 is 23.1 Å². The molecule has 2 N–H and O–H groups in total. The topological polar surface area (TPSA) is 58.6 Å². The summed E-state index contributed by atoms with van der Waals surface area (Å²) in [4.78, 5) is 11.7. The number of amides is 1. The number of nitrogens with one attached hydrogen (secondary N) is 1. The van der Waals surface area contributed by atoms with Gasteiger partial charge in [0.15, 0.2) is 0 Å². The van der Waals surface area contributed by atoms with E-state index in [0.717, 1.165) is 12.1 Å². The van der Waals surface area contributed by atoms with Gasteiger partial charge in [0.1, 0.15) is 11.6 Å². The number of benzene rings is 1. The Labute approximate surface area is 109 Å². The summed E-state index contributed by atoms with van der Waals surface area (Å²) in [6, 6.07) is 2.60. The normalized spacial score (nSPS) is 18.1. The van der Waals surface area contributed by atoms with Crippen LogP contribution in [0, 0.1) is 11.6 Å². The summed E-state index contributed by atoms with van der Waals surface area (Å²) in [5, 5.41) is 12.6. The molecule has 1 saturated heterocycles. The lowest BCUT2D eigenvalue weighted by Crippen LogP contribution is -2.46. The van der Waals surface area contributed by atoms with Crippen molar-refractivity contribution in [1.82, 2.24) is 5.32 Å². The minimum Gasteiger partial charge on any atom is -0.388 e. The zero-order valence-electron chi connectivity index (χ0n) is 10.3. The number of ether oxygens (including phenoxy) is 1. The first kappa shape index (κ1) is 13.9. The molecule has 0 saturated carbocycles. The number of halogens is 2. The van der Waals surface area contributed by atoms with Gasteiger partial charge >= 0.3 is 0 Å². The summed E-state index contributed by atoms with van der Waals surface area (Å²) in [5.41, 5.74) is -1.12. The Morgan fingerprint density at radius 1 is 1.26 bits per heavy atom. The number of carbonyl (C=O) groups excluding carboxylic acids is 1. The molecular weight excluding hydrogens is 256 g/mol. The fourth-order valence-electron chi connectivity index (χ4n) is 1.96. The van der Waals surface area contributed by atoms with Gasteiger partial charge in [-0.25, -0.2) is 8.78 Å². The molecule has 0 aliphatic carbocycles. The molecule has 2 rings (SSSR count). The SMILES string of the molecule is O=C(NCC1(O)CCOCC1)c1cc(F)cc(F)c1. The third-order valence-electron chi connectivity index (χ3n) is 3.13. The van der Waals surface area contributed by atoms with Crippen LogP contribution in [-0.4, -0.2) is 36.4 Å². The monoisotopic (exact) mass is 271 g/mol. The van der Waals surface area contributed by atoms with Gasteiger partial charge in [0, 0.05) is 44.2 Å². The molecule has 6 heteroatoms. The second-order valence-electron chi connectivity index (χ2n) is 4.68. The van der Waals surface area contributed by atoms with Gasteiger partial charge in [-0.1, -0.05) is 0 Å². The fraction of sp³-hybridized carbons (Fsp3) is 0.462. The zero-order chi connectivity index (χ0) is 13.9. The van der Waals surface area contributed by atoms with Gasteiger partial charge in [-0.2, -0.15) is 0 Å². The van der Waals surface area contributed by atoms with Gasteiger partial charge in [-0.3, -0.25) is 4.79 Å². The molecular formula is C13H15F2NO3. The predicted molar refractivity (Wildman–Crippen MR) is 63.7 cm³/mol. The average Bonchev–Trinajstić information content (AvgIpc) is 2.36. The van der Waals surface area contributed by atoms with Crippen molar-refractivity contribution >= 4 is 5.91 Å². The van der Waals surface area contributed by atoms with E-state index in [-0.39, 0.29) is 12.1 Å². The van der Waals surface area contributed by atoms with E-state index in [4.69, 9.17) is 4.74 Å². The first-order valence-electron chi connectivity index (χ1n) is 6.03. The maximum absolute atomic E-state index is 13.0. The highest BCUT2D eigenvalue weighted by atomic mass is 19.1. The van der Waals surface area contributed by atoms with Crippen molar-refractivity contribution in [3.05, 3.63) is 35.4 Å². The molecule has 1 heterocycles. The summed E-state index contributed by atoms with van der Waals surface area (Å²) in [6.07, 6.45) is 0.843. The van der Waals surface area contributed by atoms with Gasteiger partial charge in [0.25, 0.3) is 5.91 Å². The second kappa shape index (κ2) is 5.63. The van der Waals surface area contributed by atoms with Crippen molar-refractivity contribution in [2.24, 2.45) is 0 Å². The van der Waals surface area contributed by atoms with E-state index >= 15 is 0 Å². The molecule has 1 amide bonds. The Bertz CT molecular complexity index is 453. The number of hydrogen-bond donors (Lipinski definition) is 2. The average molecular weight is 271 g/mol. The van der Waals surface area contributed by atoms with E-state index in [1.807, 2.05) is 0 Å². The third-order valence-corrected chi connectivity index (χ3v) is 3.13. The Balaban J connectivity index is 1.97. The van der Waals surface area contributed by atoms with E-state index in [0.29, 0.717) is 32.1 Å². The lowest BCUT2D eigenvalue weighted by Gasteiger charge is -2.32. The smallest absolute Gasteiger partial charge is 0.251 e. The highest BCUT2D eigenvalue weighted by Gasteiger charge is 2.30. The van der Waals surface area contributed by atoms with Crippen LogP contribution in [0.3, 0.4) is 0 Å². The number of rotatable bonds is 3. The van der Waals surface area contributed by atoms with E-state index in [1.54, 1.807) is 0 Å². The summed E-state index contributed by atoms with van der Waals surface area (Å²) in [7, 11) is 0.